The molecule has 96 valence electrons. The molecule has 1 fully saturated rings. The van der Waals surface area contributed by atoms with Crippen LogP contribution in [0.1, 0.15) is 5.56 Å². The van der Waals surface area contributed by atoms with Crippen molar-refractivity contribution in [2.75, 3.05) is 12.8 Å². The van der Waals surface area contributed by atoms with Gasteiger partial charge in [0.2, 0.25) is 0 Å². The Bertz CT molecular complexity index is 448. The standard InChI is InChI=1S/C12H14N2O3S/c1-18-12(8-13-10(12)15)14-11(16)17-7-9-5-3-2-4-6-9/h2-6H,7-8H2,1H3,(H,13,15)(H,14,16). The highest BCUT2D eigenvalue weighted by molar-refractivity contribution is 8.00. The average Bonchev–Trinajstić information content (AvgIpc) is 2.42. The monoisotopic (exact) mass is 266 g/mol. The average molecular weight is 266 g/mol. The Morgan fingerprint density at radius 3 is 2.72 bits per heavy atom. The van der Waals surface area contributed by atoms with Gasteiger partial charge in [0.25, 0.3) is 5.91 Å². The van der Waals surface area contributed by atoms with Crippen molar-refractivity contribution in [2.24, 2.45) is 0 Å². The minimum atomic E-state index is -0.867. The summed E-state index contributed by atoms with van der Waals surface area (Å²) in [6.07, 6.45) is 1.19. The number of β-lactam (4-membered cyclic amide) rings is 1. The van der Waals surface area contributed by atoms with Gasteiger partial charge in [-0.3, -0.25) is 10.1 Å². The van der Waals surface area contributed by atoms with Crippen molar-refractivity contribution in [1.82, 2.24) is 10.6 Å². The molecule has 1 aliphatic rings. The summed E-state index contributed by atoms with van der Waals surface area (Å²) < 4.78 is 5.07. The van der Waals surface area contributed by atoms with E-state index in [1.165, 1.54) is 11.8 Å². The molecule has 1 aliphatic heterocycles. The fourth-order valence-corrected chi connectivity index (χ4v) is 2.22. The van der Waals surface area contributed by atoms with Gasteiger partial charge < -0.3 is 10.1 Å². The van der Waals surface area contributed by atoms with E-state index in [1.54, 1.807) is 6.26 Å². The van der Waals surface area contributed by atoms with Crippen molar-refractivity contribution in [1.29, 1.82) is 0 Å². The molecule has 1 aromatic carbocycles. The van der Waals surface area contributed by atoms with Gasteiger partial charge in [0.1, 0.15) is 6.61 Å². The number of nitrogens with one attached hydrogen (secondary N) is 2. The van der Waals surface area contributed by atoms with Crippen molar-refractivity contribution in [2.45, 2.75) is 11.5 Å². The van der Waals surface area contributed by atoms with Crippen LogP contribution in [0.4, 0.5) is 4.79 Å². The molecule has 1 aromatic rings. The lowest BCUT2D eigenvalue weighted by Crippen LogP contribution is -2.71. The van der Waals surface area contributed by atoms with Gasteiger partial charge in [-0.2, -0.15) is 0 Å². The van der Waals surface area contributed by atoms with Gasteiger partial charge in [0, 0.05) is 0 Å². The van der Waals surface area contributed by atoms with Crippen molar-refractivity contribution in [3.8, 4) is 0 Å². The molecule has 5 nitrogen and oxygen atoms in total. The second-order valence-corrected chi connectivity index (χ2v) is 5.01. The summed E-state index contributed by atoms with van der Waals surface area (Å²) in [6.45, 7) is 0.617. The number of hydrogen-bond donors (Lipinski definition) is 2. The zero-order valence-corrected chi connectivity index (χ0v) is 10.8. The second-order valence-electron chi connectivity index (χ2n) is 3.90. The molecule has 1 atom stereocenters. The molecule has 0 aliphatic carbocycles. The van der Waals surface area contributed by atoms with Crippen LogP contribution in [-0.2, 0) is 16.1 Å². The number of alkyl carbamates (subject to hydrolysis) is 1. The lowest BCUT2D eigenvalue weighted by molar-refractivity contribution is -0.129. The van der Waals surface area contributed by atoms with E-state index in [-0.39, 0.29) is 12.5 Å². The molecule has 2 N–H and O–H groups in total. The molecule has 2 amide bonds. The van der Waals surface area contributed by atoms with E-state index in [1.807, 2.05) is 30.3 Å². The molecule has 0 bridgehead atoms. The minimum absolute atomic E-state index is 0.188. The molecule has 6 heteroatoms. The van der Waals surface area contributed by atoms with Crippen LogP contribution in [0.25, 0.3) is 0 Å². The maximum atomic E-state index is 11.6. The van der Waals surface area contributed by atoms with E-state index >= 15 is 0 Å². The number of ether oxygens (including phenoxy) is 1. The van der Waals surface area contributed by atoms with Gasteiger partial charge in [-0.25, -0.2) is 4.79 Å². The van der Waals surface area contributed by atoms with E-state index in [4.69, 9.17) is 4.74 Å². The Morgan fingerprint density at radius 1 is 1.50 bits per heavy atom. The fourth-order valence-electron chi connectivity index (χ4n) is 1.56. The van der Waals surface area contributed by atoms with E-state index in [0.29, 0.717) is 6.54 Å². The summed E-state index contributed by atoms with van der Waals surface area (Å²) in [5.74, 6) is -0.188. The summed E-state index contributed by atoms with van der Waals surface area (Å²) in [6, 6.07) is 9.38. The number of hydrogen-bond acceptors (Lipinski definition) is 4. The van der Waals surface area contributed by atoms with Crippen LogP contribution in [-0.4, -0.2) is 29.7 Å². The van der Waals surface area contributed by atoms with Gasteiger partial charge in [0.15, 0.2) is 4.87 Å². The summed E-state index contributed by atoms with van der Waals surface area (Å²) in [4.78, 5) is 22.1. The zero-order chi connectivity index (χ0) is 13.0. The Morgan fingerprint density at radius 2 is 2.22 bits per heavy atom. The Labute approximate surface area is 109 Å². The predicted octanol–water partition coefficient (Wildman–Crippen LogP) is 1.10. The number of amides is 2. The zero-order valence-electron chi connectivity index (χ0n) is 9.93. The van der Waals surface area contributed by atoms with Crippen molar-refractivity contribution >= 4 is 23.8 Å². The number of carbonyl (C=O) groups excluding carboxylic acids is 2. The minimum Gasteiger partial charge on any atom is -0.445 e. The third-order valence-electron chi connectivity index (χ3n) is 2.73. The Kier molecular flexibility index (Phi) is 3.76. The highest BCUT2D eigenvalue weighted by Crippen LogP contribution is 2.25. The lowest BCUT2D eigenvalue weighted by atomic mass is 10.1. The quantitative estimate of drug-likeness (QED) is 0.632. The summed E-state index contributed by atoms with van der Waals surface area (Å²) >= 11 is 1.29. The van der Waals surface area contributed by atoms with Crippen LogP contribution < -0.4 is 10.6 Å². The largest absolute Gasteiger partial charge is 0.445 e. The van der Waals surface area contributed by atoms with Crippen LogP contribution >= 0.6 is 11.8 Å². The van der Waals surface area contributed by atoms with Gasteiger partial charge >= 0.3 is 6.09 Å². The van der Waals surface area contributed by atoms with E-state index in [0.717, 1.165) is 5.56 Å². The Hall–Kier alpha value is -1.69. The van der Waals surface area contributed by atoms with Crippen LogP contribution in [0.5, 0.6) is 0 Å². The van der Waals surface area contributed by atoms with E-state index in [2.05, 4.69) is 10.6 Å². The van der Waals surface area contributed by atoms with Crippen LogP contribution in [0.2, 0.25) is 0 Å². The topological polar surface area (TPSA) is 67.4 Å². The molecule has 2 rings (SSSR count). The molecular weight excluding hydrogens is 252 g/mol. The van der Waals surface area contributed by atoms with Gasteiger partial charge in [-0.1, -0.05) is 30.3 Å². The molecule has 18 heavy (non-hydrogen) atoms. The summed E-state index contributed by atoms with van der Waals surface area (Å²) in [5.41, 5.74) is 0.906. The van der Waals surface area contributed by atoms with E-state index < -0.39 is 11.0 Å². The molecule has 0 radical (unpaired) electrons. The highest BCUT2D eigenvalue weighted by atomic mass is 32.2. The maximum Gasteiger partial charge on any atom is 0.409 e. The third kappa shape index (κ3) is 2.59. The highest BCUT2D eigenvalue weighted by Gasteiger charge is 2.47. The van der Waals surface area contributed by atoms with Crippen molar-refractivity contribution in [3.63, 3.8) is 0 Å². The van der Waals surface area contributed by atoms with Crippen LogP contribution in [0.15, 0.2) is 30.3 Å². The first-order valence-electron chi connectivity index (χ1n) is 5.48. The van der Waals surface area contributed by atoms with Gasteiger partial charge in [-0.15, -0.1) is 11.8 Å². The molecule has 0 aromatic heterocycles. The van der Waals surface area contributed by atoms with Crippen molar-refractivity contribution < 1.29 is 14.3 Å². The number of thioether (sulfide) groups is 1. The van der Waals surface area contributed by atoms with Crippen LogP contribution in [0, 0.1) is 0 Å². The third-order valence-corrected chi connectivity index (χ3v) is 3.86. The molecule has 0 spiro atoms. The smallest absolute Gasteiger partial charge is 0.409 e. The molecule has 1 heterocycles. The first-order valence-corrected chi connectivity index (χ1v) is 6.71. The van der Waals surface area contributed by atoms with Crippen molar-refractivity contribution in [3.05, 3.63) is 35.9 Å². The summed E-state index contributed by atoms with van der Waals surface area (Å²) in [5, 5.41) is 5.19. The van der Waals surface area contributed by atoms with E-state index in [9.17, 15) is 9.59 Å². The van der Waals surface area contributed by atoms with Gasteiger partial charge in [0.05, 0.1) is 6.54 Å². The number of benzene rings is 1. The molecule has 1 unspecified atom stereocenters. The normalized spacial score (nSPS) is 21.7. The first kappa shape index (κ1) is 12.8. The second kappa shape index (κ2) is 5.30. The predicted molar refractivity (Wildman–Crippen MR) is 69.0 cm³/mol. The fraction of sp³-hybridized carbons (Fsp3) is 0.333. The first-order chi connectivity index (χ1) is 8.66. The summed E-state index contributed by atoms with van der Waals surface area (Å²) in [7, 11) is 0. The molecular formula is C12H14N2O3S. The number of rotatable bonds is 4. The number of carbonyl (C=O) groups is 2. The molecule has 1 saturated heterocycles. The van der Waals surface area contributed by atoms with Crippen LogP contribution in [0.3, 0.4) is 0 Å². The lowest BCUT2D eigenvalue weighted by Gasteiger charge is -2.39. The maximum absolute atomic E-state index is 11.6. The Balaban J connectivity index is 1.84. The SMILES string of the molecule is CSC1(NC(=O)OCc2ccccc2)CNC1=O. The molecule has 0 saturated carbocycles. The van der Waals surface area contributed by atoms with Gasteiger partial charge in [-0.05, 0) is 11.8 Å².